The maximum atomic E-state index is 14.3. The van der Waals surface area contributed by atoms with Crippen LogP contribution in [0.3, 0.4) is 0 Å². The third-order valence-corrected chi connectivity index (χ3v) is 7.02. The monoisotopic (exact) mass is 534 g/mol. The minimum atomic E-state index is -1.11. The van der Waals surface area contributed by atoms with Gasteiger partial charge in [0, 0.05) is 29.8 Å². The molecule has 0 spiro atoms. The van der Waals surface area contributed by atoms with Crippen LogP contribution in [0.5, 0.6) is 23.0 Å². The molecule has 3 aromatic carbocycles. The Morgan fingerprint density at radius 1 is 0.897 bits per heavy atom. The SMILES string of the molecule is COc1cc(OC)cc(N(C(=O)c2ccc3c(c2)OCCO3)[C@H](C(=O)NC2CCCC2)c2ccc(F)cc2)c1. The van der Waals surface area contributed by atoms with Crippen molar-refractivity contribution in [2.45, 2.75) is 37.8 Å². The molecule has 8 nitrogen and oxygen atoms in total. The Hall–Kier alpha value is -4.27. The van der Waals surface area contributed by atoms with E-state index in [2.05, 4.69) is 5.32 Å². The molecule has 1 heterocycles. The molecule has 1 aliphatic heterocycles. The van der Waals surface area contributed by atoms with Crippen LogP contribution in [-0.4, -0.2) is 45.3 Å². The number of amides is 2. The Bertz CT molecular complexity index is 1320. The van der Waals surface area contributed by atoms with Crippen molar-refractivity contribution in [2.75, 3.05) is 32.3 Å². The number of nitrogens with zero attached hydrogens (tertiary/aromatic N) is 1. The second kappa shape index (κ2) is 11.6. The van der Waals surface area contributed by atoms with E-state index in [1.54, 1.807) is 36.4 Å². The van der Waals surface area contributed by atoms with E-state index in [9.17, 15) is 14.0 Å². The van der Waals surface area contributed by atoms with Crippen molar-refractivity contribution in [3.8, 4) is 23.0 Å². The average molecular weight is 535 g/mol. The Balaban J connectivity index is 1.65. The lowest BCUT2D eigenvalue weighted by Gasteiger charge is -2.33. The van der Waals surface area contributed by atoms with Gasteiger partial charge in [-0.1, -0.05) is 25.0 Å². The summed E-state index contributed by atoms with van der Waals surface area (Å²) in [6, 6.07) is 14.4. The van der Waals surface area contributed by atoms with Gasteiger partial charge in [-0.05, 0) is 48.7 Å². The molecule has 3 aromatic rings. The van der Waals surface area contributed by atoms with Gasteiger partial charge in [0.05, 0.1) is 19.9 Å². The van der Waals surface area contributed by atoms with Crippen LogP contribution in [0.4, 0.5) is 10.1 Å². The van der Waals surface area contributed by atoms with Gasteiger partial charge in [0.25, 0.3) is 5.91 Å². The van der Waals surface area contributed by atoms with Crippen LogP contribution in [0.2, 0.25) is 0 Å². The highest BCUT2D eigenvalue weighted by molar-refractivity contribution is 6.10. The summed E-state index contributed by atoms with van der Waals surface area (Å²) < 4.78 is 36.2. The Labute approximate surface area is 226 Å². The molecule has 2 aliphatic rings. The van der Waals surface area contributed by atoms with E-state index >= 15 is 0 Å². The van der Waals surface area contributed by atoms with E-state index in [1.165, 1.54) is 43.4 Å². The lowest BCUT2D eigenvalue weighted by molar-refractivity contribution is -0.123. The van der Waals surface area contributed by atoms with Crippen LogP contribution < -0.4 is 29.2 Å². The van der Waals surface area contributed by atoms with Crippen LogP contribution >= 0.6 is 0 Å². The van der Waals surface area contributed by atoms with Crippen molar-refractivity contribution < 1.29 is 32.9 Å². The van der Waals surface area contributed by atoms with Crippen molar-refractivity contribution in [1.29, 1.82) is 0 Å². The maximum absolute atomic E-state index is 14.3. The van der Waals surface area contributed by atoms with Crippen molar-refractivity contribution in [3.63, 3.8) is 0 Å². The van der Waals surface area contributed by atoms with Gasteiger partial charge in [-0.25, -0.2) is 4.39 Å². The predicted octanol–water partition coefficient (Wildman–Crippen LogP) is 5.06. The summed E-state index contributed by atoms with van der Waals surface area (Å²) in [5.41, 5.74) is 1.13. The fraction of sp³-hybridized carbons (Fsp3) is 0.333. The van der Waals surface area contributed by atoms with Gasteiger partial charge in [0.15, 0.2) is 11.5 Å². The van der Waals surface area contributed by atoms with Gasteiger partial charge < -0.3 is 24.3 Å². The zero-order valence-corrected chi connectivity index (χ0v) is 21.9. The average Bonchev–Trinajstić information content (AvgIpc) is 3.48. The van der Waals surface area contributed by atoms with E-state index < -0.39 is 17.8 Å². The van der Waals surface area contributed by atoms with Crippen molar-refractivity contribution >= 4 is 17.5 Å². The number of ether oxygens (including phenoxy) is 4. The Morgan fingerprint density at radius 3 is 2.18 bits per heavy atom. The number of rotatable bonds is 8. The highest BCUT2D eigenvalue weighted by Crippen LogP contribution is 2.37. The van der Waals surface area contributed by atoms with Gasteiger partial charge in [-0.3, -0.25) is 14.5 Å². The molecule has 204 valence electrons. The quantitative estimate of drug-likeness (QED) is 0.435. The number of benzene rings is 3. The fourth-order valence-corrected chi connectivity index (χ4v) is 5.04. The molecule has 1 aliphatic carbocycles. The molecule has 1 N–H and O–H groups in total. The lowest BCUT2D eigenvalue weighted by Crippen LogP contribution is -2.46. The number of methoxy groups -OCH3 is 2. The Morgan fingerprint density at radius 2 is 1.54 bits per heavy atom. The van der Waals surface area contributed by atoms with E-state index in [0.29, 0.717) is 53.0 Å². The first kappa shape index (κ1) is 26.3. The lowest BCUT2D eigenvalue weighted by atomic mass is 10.0. The molecule has 0 saturated heterocycles. The first-order valence-corrected chi connectivity index (χ1v) is 13.0. The molecule has 2 amide bonds. The molecule has 1 saturated carbocycles. The Kier molecular flexibility index (Phi) is 7.86. The molecule has 39 heavy (non-hydrogen) atoms. The molecule has 0 bridgehead atoms. The summed E-state index contributed by atoms with van der Waals surface area (Å²) >= 11 is 0. The molecule has 0 unspecified atom stereocenters. The highest BCUT2D eigenvalue weighted by atomic mass is 19.1. The second-order valence-corrected chi connectivity index (χ2v) is 9.55. The zero-order chi connectivity index (χ0) is 27.4. The van der Waals surface area contributed by atoms with E-state index in [-0.39, 0.29) is 11.9 Å². The van der Waals surface area contributed by atoms with Gasteiger partial charge in [0.1, 0.15) is 36.6 Å². The van der Waals surface area contributed by atoms with Crippen molar-refractivity contribution in [1.82, 2.24) is 5.32 Å². The third-order valence-electron chi connectivity index (χ3n) is 7.02. The summed E-state index contributed by atoms with van der Waals surface area (Å²) in [6.07, 6.45) is 3.79. The van der Waals surface area contributed by atoms with Crippen LogP contribution in [-0.2, 0) is 4.79 Å². The van der Waals surface area contributed by atoms with Crippen LogP contribution in [0.1, 0.15) is 47.6 Å². The molecule has 1 atom stereocenters. The predicted molar refractivity (Wildman–Crippen MR) is 143 cm³/mol. The first-order valence-electron chi connectivity index (χ1n) is 13.0. The van der Waals surface area contributed by atoms with Crippen molar-refractivity contribution in [3.05, 3.63) is 77.6 Å². The fourth-order valence-electron chi connectivity index (χ4n) is 5.04. The number of nitrogens with one attached hydrogen (secondary N) is 1. The second-order valence-electron chi connectivity index (χ2n) is 9.55. The van der Waals surface area contributed by atoms with E-state index in [4.69, 9.17) is 18.9 Å². The van der Waals surface area contributed by atoms with Gasteiger partial charge in [0.2, 0.25) is 5.91 Å². The minimum Gasteiger partial charge on any atom is -0.497 e. The van der Waals surface area contributed by atoms with Gasteiger partial charge in [-0.2, -0.15) is 0 Å². The molecule has 0 radical (unpaired) electrons. The first-order chi connectivity index (χ1) is 19.0. The topological polar surface area (TPSA) is 86.3 Å². The number of carbonyl (C=O) groups excluding carboxylic acids is 2. The zero-order valence-electron chi connectivity index (χ0n) is 21.9. The summed E-state index contributed by atoms with van der Waals surface area (Å²) in [6.45, 7) is 0.785. The number of anilines is 1. The molecular weight excluding hydrogens is 503 g/mol. The molecule has 1 fully saturated rings. The van der Waals surface area contributed by atoms with Crippen LogP contribution in [0, 0.1) is 5.82 Å². The minimum absolute atomic E-state index is 0.00605. The number of fused-ring (bicyclic) bond motifs is 1. The third kappa shape index (κ3) is 5.77. The number of hydrogen-bond donors (Lipinski definition) is 1. The largest absolute Gasteiger partial charge is 0.497 e. The van der Waals surface area contributed by atoms with Crippen LogP contribution in [0.25, 0.3) is 0 Å². The summed E-state index contributed by atoms with van der Waals surface area (Å²) in [4.78, 5) is 29.7. The number of hydrogen-bond acceptors (Lipinski definition) is 6. The highest BCUT2D eigenvalue weighted by Gasteiger charge is 2.36. The van der Waals surface area contributed by atoms with Gasteiger partial charge >= 0.3 is 0 Å². The summed E-state index contributed by atoms with van der Waals surface area (Å²) in [7, 11) is 3.02. The number of halogens is 1. The molecular formula is C30H31FN2O6. The molecule has 0 aromatic heterocycles. The van der Waals surface area contributed by atoms with Crippen molar-refractivity contribution in [2.24, 2.45) is 0 Å². The van der Waals surface area contributed by atoms with Crippen LogP contribution in [0.15, 0.2) is 60.7 Å². The van der Waals surface area contributed by atoms with E-state index in [0.717, 1.165) is 25.7 Å². The summed E-state index contributed by atoms with van der Waals surface area (Å²) in [5, 5.41) is 3.12. The normalized spacial score (nSPS) is 15.4. The molecule has 9 heteroatoms. The smallest absolute Gasteiger partial charge is 0.259 e. The van der Waals surface area contributed by atoms with E-state index in [1.807, 2.05) is 0 Å². The standard InChI is InChI=1S/C30H31FN2O6/c1-36-24-16-23(17-25(18-24)37-2)33(30(35)20-9-12-26-27(15-20)39-14-13-38-26)28(19-7-10-21(31)11-8-19)29(34)32-22-5-3-4-6-22/h7-12,15-18,22,28H,3-6,13-14H2,1-2H3,(H,32,34)/t28-/m0/s1. The molecule has 5 rings (SSSR count). The summed E-state index contributed by atoms with van der Waals surface area (Å²) in [5.74, 6) is 0.614. The number of carbonyl (C=O) groups is 2. The maximum Gasteiger partial charge on any atom is 0.259 e. The van der Waals surface area contributed by atoms with Gasteiger partial charge in [-0.15, -0.1) is 0 Å².